The summed E-state index contributed by atoms with van der Waals surface area (Å²) in [6.07, 6.45) is 4.75. The number of halogens is 1. The highest BCUT2D eigenvalue weighted by Gasteiger charge is 2.28. The predicted molar refractivity (Wildman–Crippen MR) is 129 cm³/mol. The van der Waals surface area contributed by atoms with Crippen LogP contribution in [0.15, 0.2) is 24.4 Å². The number of hydrogen-bond donors (Lipinski definition) is 2. The van der Waals surface area contributed by atoms with E-state index in [-0.39, 0.29) is 29.7 Å². The molecule has 9 heteroatoms. The smallest absolute Gasteiger partial charge is 0.228 e. The highest BCUT2D eigenvalue weighted by Crippen LogP contribution is 2.32. The minimum absolute atomic E-state index is 0.0336. The van der Waals surface area contributed by atoms with Gasteiger partial charge in [-0.05, 0) is 43.4 Å². The number of anilines is 1. The van der Waals surface area contributed by atoms with Crippen LogP contribution in [0.3, 0.4) is 0 Å². The molecule has 2 amide bonds. The van der Waals surface area contributed by atoms with Crippen molar-refractivity contribution >= 4 is 40.3 Å². The number of hydrogen-bond acceptors (Lipinski definition) is 5. The first kappa shape index (κ1) is 23.2. The number of nitrogens with zero attached hydrogens (tertiary/aromatic N) is 4. The van der Waals surface area contributed by atoms with Crippen LogP contribution in [-0.2, 0) is 16.6 Å². The molecule has 0 aromatic carbocycles. The van der Waals surface area contributed by atoms with Crippen LogP contribution in [0.4, 0.5) is 5.82 Å². The molecule has 0 aliphatic heterocycles. The van der Waals surface area contributed by atoms with Gasteiger partial charge in [0.15, 0.2) is 0 Å². The molecule has 1 aliphatic rings. The molecular formula is C24H29ClN6O2. The van der Waals surface area contributed by atoms with Crippen LogP contribution in [0.2, 0.25) is 5.02 Å². The number of amides is 2. The fourth-order valence-electron chi connectivity index (χ4n) is 4.66. The SMILES string of the molecule is CC(=O)N[C@@H]1CCC[C@H](C(=O)Nc2cc(-c3ccc4nn(C)c(C(C)C)c4n3)c(Cl)cn2)C1. The van der Waals surface area contributed by atoms with Gasteiger partial charge in [-0.15, -0.1) is 0 Å². The lowest BCUT2D eigenvalue weighted by Gasteiger charge is -2.28. The molecule has 2 N–H and O–H groups in total. The first-order valence-electron chi connectivity index (χ1n) is 11.3. The quantitative estimate of drug-likeness (QED) is 0.576. The maximum atomic E-state index is 12.9. The zero-order valence-electron chi connectivity index (χ0n) is 19.4. The van der Waals surface area contributed by atoms with E-state index in [0.717, 1.165) is 36.0 Å². The Bertz CT molecular complexity index is 1210. The van der Waals surface area contributed by atoms with Gasteiger partial charge in [-0.2, -0.15) is 5.10 Å². The predicted octanol–water partition coefficient (Wildman–Crippen LogP) is 4.44. The van der Waals surface area contributed by atoms with Crippen LogP contribution >= 0.6 is 11.6 Å². The molecule has 4 rings (SSSR count). The number of aromatic nitrogens is 4. The number of carbonyl (C=O) groups excluding carboxylic acids is 2. The van der Waals surface area contributed by atoms with Crippen LogP contribution in [0.25, 0.3) is 22.3 Å². The number of pyridine rings is 2. The van der Waals surface area contributed by atoms with E-state index >= 15 is 0 Å². The van der Waals surface area contributed by atoms with E-state index in [0.29, 0.717) is 28.5 Å². The van der Waals surface area contributed by atoms with Gasteiger partial charge in [0.25, 0.3) is 0 Å². The van der Waals surface area contributed by atoms with Gasteiger partial charge in [-0.1, -0.05) is 31.9 Å². The fraction of sp³-hybridized carbons (Fsp3) is 0.458. The average Bonchev–Trinajstić information content (AvgIpc) is 3.09. The maximum Gasteiger partial charge on any atom is 0.228 e. The molecule has 1 aliphatic carbocycles. The Kier molecular flexibility index (Phi) is 6.65. The molecule has 174 valence electrons. The van der Waals surface area contributed by atoms with Gasteiger partial charge >= 0.3 is 0 Å². The zero-order chi connectivity index (χ0) is 23.7. The Morgan fingerprint density at radius 2 is 2.03 bits per heavy atom. The monoisotopic (exact) mass is 468 g/mol. The topological polar surface area (TPSA) is 102 Å². The largest absolute Gasteiger partial charge is 0.354 e. The highest BCUT2D eigenvalue weighted by atomic mass is 35.5. The summed E-state index contributed by atoms with van der Waals surface area (Å²) < 4.78 is 1.87. The minimum atomic E-state index is -0.171. The third kappa shape index (κ3) is 5.00. The van der Waals surface area contributed by atoms with Crippen LogP contribution in [0.5, 0.6) is 0 Å². The molecule has 1 saturated carbocycles. The summed E-state index contributed by atoms with van der Waals surface area (Å²) >= 11 is 6.47. The summed E-state index contributed by atoms with van der Waals surface area (Å²) in [5, 5.41) is 10.9. The summed E-state index contributed by atoms with van der Waals surface area (Å²) in [5.41, 5.74) is 4.12. The number of rotatable bonds is 5. The van der Waals surface area contributed by atoms with Crippen molar-refractivity contribution in [1.29, 1.82) is 0 Å². The van der Waals surface area contributed by atoms with Crippen molar-refractivity contribution in [2.24, 2.45) is 13.0 Å². The van der Waals surface area contributed by atoms with E-state index in [1.54, 1.807) is 6.07 Å². The van der Waals surface area contributed by atoms with Crippen molar-refractivity contribution < 1.29 is 9.59 Å². The van der Waals surface area contributed by atoms with E-state index in [1.165, 1.54) is 13.1 Å². The van der Waals surface area contributed by atoms with Crippen LogP contribution < -0.4 is 10.6 Å². The third-order valence-electron chi connectivity index (χ3n) is 6.10. The number of carbonyl (C=O) groups is 2. The molecule has 8 nitrogen and oxygen atoms in total. The van der Waals surface area contributed by atoms with Crippen LogP contribution in [0, 0.1) is 5.92 Å². The molecule has 0 radical (unpaired) electrons. The van der Waals surface area contributed by atoms with Crippen molar-refractivity contribution in [3.05, 3.63) is 35.1 Å². The average molecular weight is 469 g/mol. The van der Waals surface area contributed by atoms with Crippen LogP contribution in [-0.4, -0.2) is 37.6 Å². The second kappa shape index (κ2) is 9.47. The Hall–Kier alpha value is -3.00. The van der Waals surface area contributed by atoms with Gasteiger partial charge in [-0.3, -0.25) is 14.3 Å². The highest BCUT2D eigenvalue weighted by molar-refractivity contribution is 6.33. The van der Waals surface area contributed by atoms with Crippen LogP contribution in [0.1, 0.15) is 58.1 Å². The number of fused-ring (bicyclic) bond motifs is 1. The molecule has 1 fully saturated rings. The lowest BCUT2D eigenvalue weighted by atomic mass is 9.85. The van der Waals surface area contributed by atoms with Gasteiger partial charge in [0.2, 0.25) is 11.8 Å². The maximum absolute atomic E-state index is 12.9. The fourth-order valence-corrected chi connectivity index (χ4v) is 4.87. The summed E-state index contributed by atoms with van der Waals surface area (Å²) in [5.74, 6) is 0.364. The van der Waals surface area contributed by atoms with E-state index < -0.39 is 0 Å². The van der Waals surface area contributed by atoms with Crippen molar-refractivity contribution in [2.45, 2.75) is 58.4 Å². The van der Waals surface area contributed by atoms with Gasteiger partial charge in [0.1, 0.15) is 16.9 Å². The van der Waals surface area contributed by atoms with E-state index in [9.17, 15) is 9.59 Å². The minimum Gasteiger partial charge on any atom is -0.354 e. The Balaban J connectivity index is 1.58. The first-order chi connectivity index (χ1) is 15.7. The lowest BCUT2D eigenvalue weighted by Crippen LogP contribution is -2.40. The second-order valence-corrected chi connectivity index (χ2v) is 9.43. The van der Waals surface area contributed by atoms with E-state index in [2.05, 4.69) is 34.6 Å². The van der Waals surface area contributed by atoms with Gasteiger partial charge < -0.3 is 10.6 Å². The lowest BCUT2D eigenvalue weighted by molar-refractivity contribution is -0.123. The molecule has 0 unspecified atom stereocenters. The van der Waals surface area contributed by atoms with Crippen molar-refractivity contribution in [3.63, 3.8) is 0 Å². The third-order valence-corrected chi connectivity index (χ3v) is 6.41. The Morgan fingerprint density at radius 3 is 2.76 bits per heavy atom. The molecule has 3 aromatic heterocycles. The first-order valence-corrected chi connectivity index (χ1v) is 11.7. The molecule has 33 heavy (non-hydrogen) atoms. The van der Waals surface area contributed by atoms with E-state index in [1.807, 2.05) is 23.9 Å². The molecule has 0 bridgehead atoms. The Morgan fingerprint density at radius 1 is 1.24 bits per heavy atom. The molecule has 3 heterocycles. The van der Waals surface area contributed by atoms with Crippen molar-refractivity contribution in [1.82, 2.24) is 25.1 Å². The van der Waals surface area contributed by atoms with Crippen molar-refractivity contribution in [3.8, 4) is 11.3 Å². The number of aryl methyl sites for hydroxylation is 1. The van der Waals surface area contributed by atoms with Gasteiger partial charge in [0, 0.05) is 37.7 Å². The zero-order valence-corrected chi connectivity index (χ0v) is 20.1. The molecule has 0 spiro atoms. The number of nitrogens with one attached hydrogen (secondary N) is 2. The molecule has 2 atom stereocenters. The molecule has 0 saturated heterocycles. The van der Waals surface area contributed by atoms with Gasteiger partial charge in [-0.25, -0.2) is 9.97 Å². The van der Waals surface area contributed by atoms with Crippen molar-refractivity contribution in [2.75, 3.05) is 5.32 Å². The summed E-state index contributed by atoms with van der Waals surface area (Å²) in [6.45, 7) is 5.73. The Labute approximate surface area is 198 Å². The normalized spacial score (nSPS) is 18.5. The summed E-state index contributed by atoms with van der Waals surface area (Å²) in [7, 11) is 1.92. The second-order valence-electron chi connectivity index (χ2n) is 9.03. The summed E-state index contributed by atoms with van der Waals surface area (Å²) in [6, 6.07) is 5.61. The van der Waals surface area contributed by atoms with E-state index in [4.69, 9.17) is 16.6 Å². The standard InChI is InChI=1S/C24H29ClN6O2/c1-13(2)23-22-20(30-31(23)4)9-8-19(28-22)17-11-21(26-12-18(17)25)29-24(33)15-6-5-7-16(10-15)27-14(3)32/h8-9,11-13,15-16H,5-7,10H2,1-4H3,(H,27,32)(H,26,29,33)/t15-,16+/m0/s1. The summed E-state index contributed by atoms with van der Waals surface area (Å²) in [4.78, 5) is 33.4. The molecular weight excluding hydrogens is 440 g/mol. The van der Waals surface area contributed by atoms with Gasteiger partial charge in [0.05, 0.1) is 16.4 Å². The molecule has 3 aromatic rings.